The average molecular weight is 2060 g/mol. The number of fused-ring (bicyclic) bond motifs is 11. The lowest BCUT2D eigenvalue weighted by atomic mass is 9.54. The molecule has 0 N–H and O–H groups in total. The summed E-state index contributed by atoms with van der Waals surface area (Å²) in [5.74, 6) is 11.7. The van der Waals surface area contributed by atoms with E-state index in [0.29, 0.717) is 98.9 Å². The Labute approximate surface area is 892 Å². The van der Waals surface area contributed by atoms with Gasteiger partial charge in [-0.25, -0.2) is 43.2 Å². The van der Waals surface area contributed by atoms with E-state index in [1.165, 1.54) is 262 Å². The Morgan fingerprint density at radius 3 is 1.23 bits per heavy atom. The Bertz CT molecular complexity index is 4540. The zero-order valence-corrected chi connectivity index (χ0v) is 95.5. The van der Waals surface area contributed by atoms with Crippen molar-refractivity contribution in [3.63, 3.8) is 0 Å². The molecule has 21 aliphatic rings. The van der Waals surface area contributed by atoms with Crippen LogP contribution in [0.1, 0.15) is 440 Å². The van der Waals surface area contributed by atoms with Crippen LogP contribution in [0.4, 0.5) is 0 Å². The van der Waals surface area contributed by atoms with Crippen LogP contribution in [-0.2, 0) is 100.0 Å². The van der Waals surface area contributed by atoms with Gasteiger partial charge < -0.3 is 56.8 Å². The van der Waals surface area contributed by atoms with Crippen molar-refractivity contribution < 1.29 is 100.0 Å². The van der Waals surface area contributed by atoms with Gasteiger partial charge >= 0.3 is 53.7 Å². The molecule has 17 unspecified atom stereocenters. The molecule has 21 fully saturated rings. The zero-order chi connectivity index (χ0) is 109. The van der Waals surface area contributed by atoms with Crippen LogP contribution in [0.25, 0.3) is 0 Å². The molecule has 17 atom stereocenters. The van der Waals surface area contributed by atoms with E-state index in [9.17, 15) is 43.2 Å². The monoisotopic (exact) mass is 2060 g/mol. The summed E-state index contributed by atoms with van der Waals surface area (Å²) in [5.41, 5.74) is 1.63. The normalized spacial score (nSPS) is 34.9. The molecule has 0 aromatic rings. The fourth-order valence-corrected chi connectivity index (χ4v) is 32.2. The molecule has 0 amide bonds. The van der Waals surface area contributed by atoms with Gasteiger partial charge in [0.25, 0.3) is 0 Å². The van der Waals surface area contributed by atoms with Crippen molar-refractivity contribution >= 4 is 53.7 Å². The average Bonchev–Trinajstić information content (AvgIpc) is 1.53. The molecule has 0 aliphatic heterocycles. The number of rotatable bonds is 27. The third-order valence-corrected chi connectivity index (χ3v) is 40.0. The van der Waals surface area contributed by atoms with Crippen LogP contribution in [-0.4, -0.2) is 124 Å². The maximum absolute atomic E-state index is 11.8. The summed E-state index contributed by atoms with van der Waals surface area (Å²) in [6.45, 7) is 69.2. The van der Waals surface area contributed by atoms with Gasteiger partial charge in [0.2, 0.25) is 18.9 Å². The van der Waals surface area contributed by atoms with Gasteiger partial charge in [0.05, 0.1) is 17.8 Å². The molecule has 0 aromatic heterocycles. The Morgan fingerprint density at radius 1 is 0.331 bits per heavy atom. The predicted octanol–water partition coefficient (Wildman–Crippen LogP) is 29.6. The maximum atomic E-state index is 11.8. The van der Waals surface area contributed by atoms with Crippen molar-refractivity contribution in [2.24, 2.45) is 123 Å². The number of carbonyl (C=O) groups excluding carboxylic acids is 9. The molecule has 0 spiro atoms. The lowest BCUT2D eigenvalue weighted by Crippen LogP contribution is -2.53. The van der Waals surface area contributed by atoms with E-state index in [-0.39, 0.29) is 97.8 Å². The molecule has 0 aromatic carbocycles. The van der Waals surface area contributed by atoms with Crippen molar-refractivity contribution in [1.29, 1.82) is 0 Å². The highest BCUT2D eigenvalue weighted by atomic mass is 16.7. The van der Waals surface area contributed by atoms with E-state index in [1.54, 1.807) is 48.5 Å². The van der Waals surface area contributed by atoms with Crippen LogP contribution in [0.2, 0.25) is 0 Å². The lowest BCUT2D eigenvalue weighted by Gasteiger charge is -2.56. The third-order valence-electron chi connectivity index (χ3n) is 40.0. The summed E-state index contributed by atoms with van der Waals surface area (Å²) in [4.78, 5) is 103. The highest BCUT2D eigenvalue weighted by molar-refractivity contribution is 5.90. The summed E-state index contributed by atoms with van der Waals surface area (Å²) in [5, 5.41) is 0. The molecular formula is C127H198O21. The summed E-state index contributed by atoms with van der Waals surface area (Å²) in [6, 6.07) is 0. The van der Waals surface area contributed by atoms with E-state index in [1.807, 2.05) is 34.6 Å². The Kier molecular flexibility index (Phi) is 42.8. The van der Waals surface area contributed by atoms with Gasteiger partial charge in [-0.05, 0) is 454 Å². The van der Waals surface area contributed by atoms with Crippen LogP contribution < -0.4 is 0 Å². The van der Waals surface area contributed by atoms with Crippen LogP contribution >= 0.6 is 0 Å². The summed E-state index contributed by atoms with van der Waals surface area (Å²) in [7, 11) is 0. The minimum absolute atomic E-state index is 0.0104. The SMILES string of the molecule is C=C(C)C(=O)OC(C)(C)C1CCCCC1.C=C(C)C(=O)OC(C)OC12CC3CC(CC(C3)C1)C2.C=C(C)C(=O)OC(C)OC1CC2CCC1C2.C=C(C)C(=O)OC1(C)CC2CCC1(C)C2(C)C.C=C(C)C(=O)OC1(C)CC2CCC1C2.C=C(C)C(=O)OC1(C)CCCCCC1.C=CC(=O)OC(C)(C1CCCCC1)C1CCCCC1.C=CC(=O)OC(C)OC1C2CC3CC(C2)CC1C3.C=CC(=O)OC1(C)CC2CC1C1CCCC21. The van der Waals surface area contributed by atoms with Gasteiger partial charge in [-0.15, -0.1) is 0 Å². The van der Waals surface area contributed by atoms with Crippen molar-refractivity contribution in [1.82, 2.24) is 0 Å². The lowest BCUT2D eigenvalue weighted by molar-refractivity contribution is -0.243. The molecule has 148 heavy (non-hydrogen) atoms. The third kappa shape index (κ3) is 31.2. The quantitative estimate of drug-likeness (QED) is 0.0243. The van der Waals surface area contributed by atoms with Crippen LogP contribution in [0, 0.1) is 123 Å². The van der Waals surface area contributed by atoms with Gasteiger partial charge in [-0.1, -0.05) is 157 Å². The maximum Gasteiger partial charge on any atom is 0.335 e. The highest BCUT2D eigenvalue weighted by Crippen LogP contribution is 2.71. The molecule has 0 saturated heterocycles. The molecule has 21 saturated carbocycles. The highest BCUT2D eigenvalue weighted by Gasteiger charge is 2.69. The van der Waals surface area contributed by atoms with Crippen LogP contribution in [0.5, 0.6) is 0 Å². The fraction of sp³-hybridized carbons (Fsp3) is 0.787. The number of carbonyl (C=O) groups is 9. The van der Waals surface area contributed by atoms with Crippen molar-refractivity contribution in [3.8, 4) is 0 Å². The Balaban J connectivity index is 0.000000158. The molecule has 21 rings (SSSR count). The molecule has 16 bridgehead atoms. The van der Waals surface area contributed by atoms with Gasteiger partial charge in [0.1, 0.15) is 33.6 Å². The summed E-state index contributed by atoms with van der Waals surface area (Å²) < 4.78 is 67.4. The first-order valence-corrected chi connectivity index (χ1v) is 58.4. The number of esters is 9. The Morgan fingerprint density at radius 2 is 0.784 bits per heavy atom. The molecular weight excluding hydrogens is 1860 g/mol. The van der Waals surface area contributed by atoms with E-state index >= 15 is 0 Å². The van der Waals surface area contributed by atoms with E-state index < -0.39 is 24.8 Å². The fourth-order valence-electron chi connectivity index (χ4n) is 32.2. The van der Waals surface area contributed by atoms with Gasteiger partial charge in [0.15, 0.2) is 0 Å². The second-order valence-electron chi connectivity index (χ2n) is 52.4. The molecule has 0 radical (unpaired) electrons. The Hall–Kier alpha value is -7.23. The summed E-state index contributed by atoms with van der Waals surface area (Å²) in [6.07, 6.45) is 63.1. The van der Waals surface area contributed by atoms with Crippen molar-refractivity contribution in [2.45, 2.75) is 510 Å². The van der Waals surface area contributed by atoms with Crippen molar-refractivity contribution in [2.75, 3.05) is 0 Å². The first kappa shape index (κ1) is 121. The van der Waals surface area contributed by atoms with Gasteiger partial charge in [0, 0.05) is 63.0 Å². The van der Waals surface area contributed by atoms with Crippen molar-refractivity contribution in [3.05, 3.63) is 111 Å². The summed E-state index contributed by atoms with van der Waals surface area (Å²) >= 11 is 0. The second-order valence-corrected chi connectivity index (χ2v) is 52.4. The van der Waals surface area contributed by atoms with E-state index in [0.717, 1.165) is 123 Å². The number of ether oxygens (including phenoxy) is 12. The number of hydrogen-bond acceptors (Lipinski definition) is 21. The topological polar surface area (TPSA) is 264 Å². The van der Waals surface area contributed by atoms with Crippen LogP contribution in [0.3, 0.4) is 0 Å². The first-order chi connectivity index (χ1) is 69.6. The van der Waals surface area contributed by atoms with Gasteiger partial charge in [-0.2, -0.15) is 0 Å². The standard InChI is InChI=1S/C17H28O2.C16H24O3.C15H22O3.C15H24O2.C14H20O2.C13H20O3.C13H22O2.C12H18O2.C12H20O2/c1-3-16(18)19-17(2,14-10-6-4-7-11-14)15-12-8-5-9-13-15;1-10(2)15(17)18-11(3)19-16-7-12-4-13(8-16)6-14(5-12)9-16;1-3-14(16)17-9(2)18-15-12-5-10-4-11(7-12)8-13(15)6-10;1-10(2)12(16)17-15(6)9-11-7-8-14(15,5)13(11,3)4;1-3-13(15)16-14(2)8-9-7-12(14)11-6-4-5-10(9)11;1-8(2)13(14)16-9(3)15-12-7-10-4-5-11(12)6-10;1-10(2)12(14)15-13(3,4)11-8-6-5-7-9-11;1-8(2)11(13)14-12(3)7-9-4-5-10(12)6-9;1-10(2)11(13)14-12(3)8-6-4-5-7-9-12/h3,14-15H,1,4-13H2,2H3;11-14H,1,4-9H2,2-3H3;3,9-13,15H,1,4-8H2,2H3;11H,1,7-9H2,2-6H3;3,9-12H,1,4-8H2,2H3;9-12H,1,4-7H2,2-3H3;11H,1,5-9H2,2-4H3;9-10H,1,4-7H2,2-3H3;1,4-9H2,2-3H3. The van der Waals surface area contributed by atoms with E-state index in [2.05, 4.69) is 108 Å². The molecule has 0 heterocycles. The smallest absolute Gasteiger partial charge is 0.335 e. The number of hydrogen-bond donors (Lipinski definition) is 0. The minimum atomic E-state index is -0.458. The largest absolute Gasteiger partial charge is 0.456 e. The first-order valence-electron chi connectivity index (χ1n) is 58.4. The molecule has 21 nitrogen and oxygen atoms in total. The molecule has 21 heteroatoms. The van der Waals surface area contributed by atoms with Crippen LogP contribution in [0.15, 0.2) is 111 Å². The minimum Gasteiger partial charge on any atom is -0.456 e. The molecule has 832 valence electrons. The predicted molar refractivity (Wildman–Crippen MR) is 582 cm³/mol. The van der Waals surface area contributed by atoms with Gasteiger partial charge in [-0.3, -0.25) is 0 Å². The molecule has 21 aliphatic carbocycles. The second kappa shape index (κ2) is 52.3. The zero-order valence-electron chi connectivity index (χ0n) is 95.5. The van der Waals surface area contributed by atoms with E-state index in [4.69, 9.17) is 56.8 Å².